The van der Waals surface area contributed by atoms with Crippen LogP contribution in [-0.4, -0.2) is 31.7 Å². The number of imidazole rings is 1. The lowest BCUT2D eigenvalue weighted by atomic mass is 9.90. The lowest BCUT2D eigenvalue weighted by molar-refractivity contribution is 0.173. The molecule has 3 N–H and O–H groups in total. The normalized spacial score (nSPS) is 14.7. The van der Waals surface area contributed by atoms with Crippen molar-refractivity contribution in [2.45, 2.75) is 26.2 Å². The Morgan fingerprint density at radius 3 is 2.36 bits per heavy atom. The number of ether oxygens (including phenoxy) is 2. The number of nitrogens with one attached hydrogen (secondary N) is 3. The predicted molar refractivity (Wildman–Crippen MR) is 102 cm³/mol. The van der Waals surface area contributed by atoms with Gasteiger partial charge in [-0.2, -0.15) is 0 Å². The van der Waals surface area contributed by atoms with Crippen LogP contribution in [0.4, 0.5) is 0 Å². The second-order valence-electron chi connectivity index (χ2n) is 7.37. The number of aromatic amines is 3. The van der Waals surface area contributed by atoms with E-state index in [2.05, 4.69) is 24.9 Å². The van der Waals surface area contributed by atoms with Crippen molar-refractivity contribution < 1.29 is 9.47 Å². The van der Waals surface area contributed by atoms with E-state index < -0.39 is 11.1 Å². The zero-order valence-electron chi connectivity index (χ0n) is 15.6. The molecule has 0 bridgehead atoms. The van der Waals surface area contributed by atoms with Gasteiger partial charge in [0.1, 0.15) is 16.4 Å². The number of fused-ring (bicyclic) bond motifs is 1. The Morgan fingerprint density at radius 1 is 1.00 bits per heavy atom. The van der Waals surface area contributed by atoms with E-state index >= 15 is 0 Å². The van der Waals surface area contributed by atoms with Crippen LogP contribution in [0.3, 0.4) is 0 Å². The van der Waals surface area contributed by atoms with E-state index in [4.69, 9.17) is 9.47 Å². The summed E-state index contributed by atoms with van der Waals surface area (Å²) >= 11 is 0. The van der Waals surface area contributed by atoms with Crippen LogP contribution in [0.15, 0.2) is 28.2 Å². The summed E-state index contributed by atoms with van der Waals surface area (Å²) in [4.78, 5) is 41.7. The summed E-state index contributed by atoms with van der Waals surface area (Å²) in [6, 6.07) is 1.67. The molecule has 4 heterocycles. The van der Waals surface area contributed by atoms with Gasteiger partial charge >= 0.3 is 0 Å². The predicted octanol–water partition coefficient (Wildman–Crippen LogP) is -0.135. The fourth-order valence-electron chi connectivity index (χ4n) is 2.94. The summed E-state index contributed by atoms with van der Waals surface area (Å²) in [6.45, 7) is 6.17. The van der Waals surface area contributed by atoms with Crippen molar-refractivity contribution in [3.8, 4) is 11.5 Å². The molecule has 0 saturated heterocycles. The van der Waals surface area contributed by atoms with Crippen LogP contribution >= 0.6 is 0 Å². The van der Waals surface area contributed by atoms with Gasteiger partial charge in [0.25, 0.3) is 11.1 Å². The summed E-state index contributed by atoms with van der Waals surface area (Å²) in [7, 11) is 0. The highest BCUT2D eigenvalue weighted by molar-refractivity contribution is 5.58. The highest BCUT2D eigenvalue weighted by Crippen LogP contribution is 2.34. The molecule has 4 rings (SSSR count). The molecule has 9 heteroatoms. The smallest absolute Gasteiger partial charge is 0.272 e. The number of rotatable bonds is 2. The van der Waals surface area contributed by atoms with Crippen LogP contribution in [-0.2, 0) is 5.41 Å². The molecule has 0 amide bonds. The molecule has 0 aromatic carbocycles. The van der Waals surface area contributed by atoms with Gasteiger partial charge in [-0.05, 0) is 12.2 Å². The molecule has 3 aromatic rings. The minimum absolute atomic E-state index is 0.0663. The summed E-state index contributed by atoms with van der Waals surface area (Å²) in [6.07, 6.45) is 6.10. The maximum atomic E-state index is 12.5. The summed E-state index contributed by atoms with van der Waals surface area (Å²) in [5, 5.41) is 0.183. The van der Waals surface area contributed by atoms with Crippen molar-refractivity contribution in [2.24, 2.45) is 0 Å². The van der Waals surface area contributed by atoms with E-state index in [1.165, 1.54) is 6.08 Å². The van der Waals surface area contributed by atoms with E-state index in [1.54, 1.807) is 24.7 Å². The van der Waals surface area contributed by atoms with Gasteiger partial charge in [-0.1, -0.05) is 20.8 Å². The standard InChI is InChI=1S/C19H19N5O4/c1-19(2,3)16-11(21-8-22-16)7-13-18(26)23-12(17(25)24-13)6-10-15-14(4-5-20-10)27-9-28-15/h4-8H,9H2,1-3H3,(H,21,22)(H,23,26)(H,24,25)/b12-6-,13-7-. The zero-order valence-corrected chi connectivity index (χ0v) is 15.6. The van der Waals surface area contributed by atoms with E-state index in [0.29, 0.717) is 22.9 Å². The number of aromatic nitrogens is 5. The minimum Gasteiger partial charge on any atom is -0.453 e. The monoisotopic (exact) mass is 381 g/mol. The van der Waals surface area contributed by atoms with Crippen molar-refractivity contribution in [3.05, 3.63) is 67.1 Å². The first-order chi connectivity index (χ1) is 13.3. The van der Waals surface area contributed by atoms with Crippen molar-refractivity contribution >= 4 is 12.2 Å². The van der Waals surface area contributed by atoms with Crippen LogP contribution < -0.4 is 31.3 Å². The van der Waals surface area contributed by atoms with Gasteiger partial charge in [-0.25, -0.2) is 4.98 Å². The first-order valence-corrected chi connectivity index (χ1v) is 8.67. The highest BCUT2D eigenvalue weighted by Gasteiger charge is 2.19. The van der Waals surface area contributed by atoms with Gasteiger partial charge in [0, 0.05) is 23.4 Å². The summed E-state index contributed by atoms with van der Waals surface area (Å²) < 4.78 is 10.7. The molecule has 0 saturated carbocycles. The van der Waals surface area contributed by atoms with E-state index in [1.807, 2.05) is 20.8 Å². The van der Waals surface area contributed by atoms with Crippen LogP contribution in [0, 0.1) is 0 Å². The third-order valence-electron chi connectivity index (χ3n) is 4.28. The Bertz CT molecular complexity index is 1280. The Kier molecular flexibility index (Phi) is 4.14. The molecule has 0 spiro atoms. The number of pyridine rings is 1. The number of nitrogens with zero attached hydrogens (tertiary/aromatic N) is 2. The molecule has 0 unspecified atom stereocenters. The first kappa shape index (κ1) is 17.8. The summed E-state index contributed by atoms with van der Waals surface area (Å²) in [5.74, 6) is 0.975. The van der Waals surface area contributed by atoms with Crippen molar-refractivity contribution in [1.29, 1.82) is 0 Å². The lowest BCUT2D eigenvalue weighted by Gasteiger charge is -2.16. The second-order valence-corrected chi connectivity index (χ2v) is 7.37. The first-order valence-electron chi connectivity index (χ1n) is 8.67. The molecule has 0 fully saturated rings. The summed E-state index contributed by atoms with van der Waals surface area (Å²) in [5.41, 5.74) is 0.763. The second kappa shape index (κ2) is 6.52. The number of hydrogen-bond acceptors (Lipinski definition) is 6. The van der Waals surface area contributed by atoms with Crippen LogP contribution in [0.1, 0.15) is 37.9 Å². The maximum Gasteiger partial charge on any atom is 0.272 e. The van der Waals surface area contributed by atoms with Gasteiger partial charge in [0.05, 0.1) is 12.0 Å². The average molecular weight is 381 g/mol. The number of hydrogen-bond donors (Lipinski definition) is 3. The van der Waals surface area contributed by atoms with Gasteiger partial charge in [0.15, 0.2) is 11.5 Å². The molecule has 9 nitrogen and oxygen atoms in total. The Morgan fingerprint density at radius 2 is 1.68 bits per heavy atom. The van der Waals surface area contributed by atoms with Crippen molar-refractivity contribution in [3.63, 3.8) is 0 Å². The molecule has 144 valence electrons. The molecule has 1 aliphatic heterocycles. The molecule has 0 atom stereocenters. The van der Waals surface area contributed by atoms with Crippen molar-refractivity contribution in [1.82, 2.24) is 24.9 Å². The van der Waals surface area contributed by atoms with E-state index in [-0.39, 0.29) is 22.9 Å². The molecular formula is C19H19N5O4. The van der Waals surface area contributed by atoms with Crippen LogP contribution in [0.25, 0.3) is 12.2 Å². The molecule has 0 aliphatic carbocycles. The number of H-pyrrole nitrogens is 3. The van der Waals surface area contributed by atoms with Gasteiger partial charge < -0.3 is 24.4 Å². The third-order valence-corrected chi connectivity index (χ3v) is 4.28. The topological polar surface area (TPSA) is 126 Å². The molecule has 0 radical (unpaired) electrons. The lowest BCUT2D eigenvalue weighted by Crippen LogP contribution is -2.46. The van der Waals surface area contributed by atoms with Crippen LogP contribution in [0.2, 0.25) is 0 Å². The quantitative estimate of drug-likeness (QED) is 0.568. The van der Waals surface area contributed by atoms with Crippen LogP contribution in [0.5, 0.6) is 11.5 Å². The fraction of sp³-hybridized carbons (Fsp3) is 0.263. The van der Waals surface area contributed by atoms with Gasteiger partial charge in [-0.15, -0.1) is 0 Å². The highest BCUT2D eigenvalue weighted by atomic mass is 16.7. The Balaban J connectivity index is 1.83. The SMILES string of the molecule is CC(C)(C)c1[nH]cnc1/C=c1\[nH]c(=O)/c(=C/c2nccc3c2OCO3)[nH]c1=O. The minimum atomic E-state index is -0.461. The van der Waals surface area contributed by atoms with Gasteiger partial charge in [0.2, 0.25) is 6.79 Å². The van der Waals surface area contributed by atoms with E-state index in [9.17, 15) is 9.59 Å². The van der Waals surface area contributed by atoms with Crippen molar-refractivity contribution in [2.75, 3.05) is 6.79 Å². The zero-order chi connectivity index (χ0) is 19.9. The largest absolute Gasteiger partial charge is 0.453 e. The van der Waals surface area contributed by atoms with Gasteiger partial charge in [-0.3, -0.25) is 14.6 Å². The molecule has 28 heavy (non-hydrogen) atoms. The Labute approximate surface area is 158 Å². The maximum absolute atomic E-state index is 12.5. The molecule has 1 aliphatic rings. The Hall–Kier alpha value is -3.62. The third kappa shape index (κ3) is 3.22. The molecular weight excluding hydrogens is 362 g/mol. The average Bonchev–Trinajstić information content (AvgIpc) is 3.28. The molecule has 3 aromatic heterocycles. The van der Waals surface area contributed by atoms with E-state index in [0.717, 1.165) is 5.69 Å². The fourth-order valence-corrected chi connectivity index (χ4v) is 2.94.